The molecule has 1 fully saturated rings. The van der Waals surface area contributed by atoms with Gasteiger partial charge in [-0.25, -0.2) is 4.79 Å². The third-order valence-corrected chi connectivity index (χ3v) is 1.81. The van der Waals surface area contributed by atoms with E-state index in [1.807, 2.05) is 0 Å². The van der Waals surface area contributed by atoms with Crippen LogP contribution in [0.25, 0.3) is 0 Å². The van der Waals surface area contributed by atoms with Crippen LogP contribution in [-0.2, 0) is 4.79 Å². The van der Waals surface area contributed by atoms with Crippen LogP contribution in [0.4, 0.5) is 4.79 Å². The van der Waals surface area contributed by atoms with Gasteiger partial charge >= 0.3 is 6.03 Å². The van der Waals surface area contributed by atoms with Gasteiger partial charge in [-0.1, -0.05) is 0 Å². The predicted octanol–water partition coefficient (Wildman–Crippen LogP) is -0.0379. The SMILES string of the molecule is O=C1NC(=O)[C@@H](c2ccncc2)N1. The minimum absolute atomic E-state index is 0.323. The second-order valence-corrected chi connectivity index (χ2v) is 2.68. The predicted molar refractivity (Wildman–Crippen MR) is 43.7 cm³/mol. The number of pyridine rings is 1. The molecular formula is C8H7N3O2. The smallest absolute Gasteiger partial charge is 0.322 e. The van der Waals surface area contributed by atoms with Gasteiger partial charge in [0.2, 0.25) is 0 Å². The number of nitrogens with one attached hydrogen (secondary N) is 2. The lowest BCUT2D eigenvalue weighted by Crippen LogP contribution is -2.22. The van der Waals surface area contributed by atoms with Gasteiger partial charge in [-0.15, -0.1) is 0 Å². The number of imide groups is 1. The number of nitrogens with zero attached hydrogens (tertiary/aromatic N) is 1. The molecule has 1 aromatic heterocycles. The van der Waals surface area contributed by atoms with Gasteiger partial charge in [-0.3, -0.25) is 15.1 Å². The molecule has 1 aromatic rings. The molecule has 0 aliphatic carbocycles. The van der Waals surface area contributed by atoms with Gasteiger partial charge in [-0.2, -0.15) is 0 Å². The molecule has 2 rings (SSSR count). The number of hydrogen-bond acceptors (Lipinski definition) is 3. The average molecular weight is 177 g/mol. The number of urea groups is 1. The van der Waals surface area contributed by atoms with Crippen LogP contribution < -0.4 is 10.6 Å². The summed E-state index contributed by atoms with van der Waals surface area (Å²) in [6.07, 6.45) is 3.15. The van der Waals surface area contributed by atoms with Gasteiger partial charge in [0.15, 0.2) is 0 Å². The van der Waals surface area contributed by atoms with Crippen molar-refractivity contribution < 1.29 is 9.59 Å². The zero-order valence-corrected chi connectivity index (χ0v) is 6.65. The molecule has 1 aliphatic rings. The van der Waals surface area contributed by atoms with Crippen LogP contribution in [0.1, 0.15) is 11.6 Å². The molecule has 5 heteroatoms. The second kappa shape index (κ2) is 2.85. The van der Waals surface area contributed by atoms with Crippen LogP contribution in [-0.4, -0.2) is 16.9 Å². The van der Waals surface area contributed by atoms with Crippen LogP contribution in [0.15, 0.2) is 24.5 Å². The molecule has 13 heavy (non-hydrogen) atoms. The first-order chi connectivity index (χ1) is 6.27. The van der Waals surface area contributed by atoms with Gasteiger partial charge in [0, 0.05) is 12.4 Å². The molecule has 66 valence electrons. The Bertz CT molecular complexity index is 350. The number of amides is 3. The van der Waals surface area contributed by atoms with Crippen molar-refractivity contribution in [1.82, 2.24) is 15.6 Å². The third kappa shape index (κ3) is 1.35. The summed E-state index contributed by atoms with van der Waals surface area (Å²) in [5, 5.41) is 4.65. The highest BCUT2D eigenvalue weighted by atomic mass is 16.2. The van der Waals surface area contributed by atoms with Gasteiger partial charge in [0.25, 0.3) is 5.91 Å². The molecular weight excluding hydrogens is 170 g/mol. The van der Waals surface area contributed by atoms with Crippen molar-refractivity contribution in [3.8, 4) is 0 Å². The quantitative estimate of drug-likeness (QED) is 0.591. The zero-order chi connectivity index (χ0) is 9.26. The van der Waals surface area contributed by atoms with Crippen LogP contribution >= 0.6 is 0 Å². The summed E-state index contributed by atoms with van der Waals surface area (Å²) < 4.78 is 0. The minimum Gasteiger partial charge on any atom is -0.322 e. The van der Waals surface area contributed by atoms with Gasteiger partial charge in [-0.05, 0) is 17.7 Å². The topological polar surface area (TPSA) is 71.1 Å². The van der Waals surface area contributed by atoms with Gasteiger partial charge < -0.3 is 5.32 Å². The first-order valence-electron chi connectivity index (χ1n) is 3.78. The lowest BCUT2D eigenvalue weighted by atomic mass is 10.1. The van der Waals surface area contributed by atoms with Gasteiger partial charge in [0.05, 0.1) is 0 Å². The Balaban J connectivity index is 2.28. The van der Waals surface area contributed by atoms with Crippen molar-refractivity contribution in [3.63, 3.8) is 0 Å². The number of aromatic nitrogens is 1. The van der Waals surface area contributed by atoms with E-state index in [4.69, 9.17) is 0 Å². The van der Waals surface area contributed by atoms with Crippen molar-refractivity contribution in [2.75, 3.05) is 0 Å². The largest absolute Gasteiger partial charge is 0.322 e. The maximum atomic E-state index is 11.2. The Hall–Kier alpha value is -1.91. The average Bonchev–Trinajstić information content (AvgIpc) is 2.47. The van der Waals surface area contributed by atoms with E-state index in [-0.39, 0.29) is 5.91 Å². The number of hydrogen-bond donors (Lipinski definition) is 2. The normalized spacial score (nSPS) is 21.1. The molecule has 3 amide bonds. The first kappa shape index (κ1) is 7.72. The summed E-state index contributed by atoms with van der Waals surface area (Å²) in [4.78, 5) is 25.8. The van der Waals surface area contributed by atoms with E-state index in [0.29, 0.717) is 0 Å². The lowest BCUT2D eigenvalue weighted by molar-refractivity contribution is -0.120. The zero-order valence-electron chi connectivity index (χ0n) is 6.65. The van der Waals surface area contributed by atoms with E-state index in [0.717, 1.165) is 5.56 Å². The number of carbonyl (C=O) groups is 2. The Morgan fingerprint density at radius 2 is 1.92 bits per heavy atom. The first-order valence-corrected chi connectivity index (χ1v) is 3.78. The van der Waals surface area contributed by atoms with Crippen LogP contribution in [0.2, 0.25) is 0 Å². The van der Waals surface area contributed by atoms with Crippen molar-refractivity contribution in [3.05, 3.63) is 30.1 Å². The van der Waals surface area contributed by atoms with Crippen LogP contribution in [0, 0.1) is 0 Å². The van der Waals surface area contributed by atoms with Crippen molar-refractivity contribution in [2.24, 2.45) is 0 Å². The molecule has 1 atom stereocenters. The highest BCUT2D eigenvalue weighted by molar-refractivity contribution is 6.04. The number of rotatable bonds is 1. The molecule has 0 unspecified atom stereocenters. The molecule has 1 aliphatic heterocycles. The highest BCUT2D eigenvalue weighted by Gasteiger charge is 2.30. The monoisotopic (exact) mass is 177 g/mol. The van der Waals surface area contributed by atoms with Crippen LogP contribution in [0.5, 0.6) is 0 Å². The fraction of sp³-hybridized carbons (Fsp3) is 0.125. The van der Waals surface area contributed by atoms with Crippen molar-refractivity contribution in [2.45, 2.75) is 6.04 Å². The maximum absolute atomic E-state index is 11.2. The fourth-order valence-corrected chi connectivity index (χ4v) is 1.21. The lowest BCUT2D eigenvalue weighted by Gasteiger charge is -2.05. The molecule has 1 saturated heterocycles. The summed E-state index contributed by atoms with van der Waals surface area (Å²) in [7, 11) is 0. The summed E-state index contributed by atoms with van der Waals surface area (Å²) in [5.41, 5.74) is 0.735. The summed E-state index contributed by atoms with van der Waals surface area (Å²) in [6, 6.07) is 2.36. The molecule has 2 N–H and O–H groups in total. The third-order valence-electron chi connectivity index (χ3n) is 1.81. The summed E-state index contributed by atoms with van der Waals surface area (Å²) in [5.74, 6) is -0.323. The van der Waals surface area contributed by atoms with Crippen molar-refractivity contribution >= 4 is 11.9 Å². The highest BCUT2D eigenvalue weighted by Crippen LogP contribution is 2.14. The summed E-state index contributed by atoms with van der Waals surface area (Å²) in [6.45, 7) is 0. The Kier molecular flexibility index (Phi) is 1.70. The van der Waals surface area contributed by atoms with E-state index >= 15 is 0 Å². The Morgan fingerprint density at radius 3 is 2.46 bits per heavy atom. The standard InChI is InChI=1S/C8H7N3O2/c12-7-6(10-8(13)11-7)5-1-3-9-4-2-5/h1-4,6H,(H2,10,11,12,13)/t6-/m1/s1. The maximum Gasteiger partial charge on any atom is 0.322 e. The molecule has 2 heterocycles. The molecule has 0 bridgehead atoms. The van der Waals surface area contributed by atoms with Gasteiger partial charge in [0.1, 0.15) is 6.04 Å². The molecule has 0 radical (unpaired) electrons. The second-order valence-electron chi connectivity index (χ2n) is 2.68. The fourth-order valence-electron chi connectivity index (χ4n) is 1.21. The van der Waals surface area contributed by atoms with E-state index < -0.39 is 12.1 Å². The van der Waals surface area contributed by atoms with E-state index in [1.165, 1.54) is 0 Å². The van der Waals surface area contributed by atoms with Crippen molar-refractivity contribution in [1.29, 1.82) is 0 Å². The van der Waals surface area contributed by atoms with Crippen LogP contribution in [0.3, 0.4) is 0 Å². The molecule has 5 nitrogen and oxygen atoms in total. The van der Waals surface area contributed by atoms with E-state index in [2.05, 4.69) is 15.6 Å². The Morgan fingerprint density at radius 1 is 1.23 bits per heavy atom. The molecule has 0 spiro atoms. The minimum atomic E-state index is -0.574. The Labute approximate surface area is 74.2 Å². The van der Waals surface area contributed by atoms with E-state index in [1.54, 1.807) is 24.5 Å². The van der Waals surface area contributed by atoms with E-state index in [9.17, 15) is 9.59 Å². The number of carbonyl (C=O) groups excluding carboxylic acids is 2. The summed E-state index contributed by atoms with van der Waals surface area (Å²) >= 11 is 0. The molecule has 0 aromatic carbocycles. The molecule has 0 saturated carbocycles.